The summed E-state index contributed by atoms with van der Waals surface area (Å²) in [4.78, 5) is 30.4. The van der Waals surface area contributed by atoms with Crippen molar-refractivity contribution >= 4 is 40.5 Å². The highest BCUT2D eigenvalue weighted by Crippen LogP contribution is 2.38. The molecule has 36 heavy (non-hydrogen) atoms. The minimum Gasteiger partial charge on any atom is -0.373 e. The van der Waals surface area contributed by atoms with E-state index in [0.29, 0.717) is 29.0 Å². The summed E-state index contributed by atoms with van der Waals surface area (Å²) in [5.74, 6) is 1.10. The summed E-state index contributed by atoms with van der Waals surface area (Å²) in [5, 5.41) is 21.6. The van der Waals surface area contributed by atoms with Crippen molar-refractivity contribution in [1.82, 2.24) is 34.7 Å². The molecule has 4 heterocycles. The Balaban J connectivity index is 1.35. The Labute approximate surface area is 208 Å². The number of aromatic nitrogens is 6. The van der Waals surface area contributed by atoms with Gasteiger partial charge in [-0.1, -0.05) is 11.6 Å². The Kier molecular flexibility index (Phi) is 5.32. The average molecular weight is 510 g/mol. The Morgan fingerprint density at radius 3 is 2.69 bits per heavy atom. The average Bonchev–Trinajstić information content (AvgIpc) is 3.79. The van der Waals surface area contributed by atoms with Crippen molar-refractivity contribution in [2.45, 2.75) is 37.4 Å². The van der Waals surface area contributed by atoms with Crippen LogP contribution in [0.4, 0.5) is 21.7 Å². The molecule has 184 valence electrons. The summed E-state index contributed by atoms with van der Waals surface area (Å²) in [6.07, 6.45) is 4.30. The molecule has 2 fully saturated rings. The Bertz CT molecular complexity index is 1550. The highest BCUT2D eigenvalue weighted by atomic mass is 35.5. The van der Waals surface area contributed by atoms with Gasteiger partial charge in [-0.2, -0.15) is 14.7 Å². The molecule has 4 aromatic rings. The third-order valence-corrected chi connectivity index (χ3v) is 6.37. The second-order valence-electron chi connectivity index (χ2n) is 8.86. The Hall–Kier alpha value is -4.06. The van der Waals surface area contributed by atoms with E-state index >= 15 is 0 Å². The third-order valence-electron chi connectivity index (χ3n) is 6.16. The van der Waals surface area contributed by atoms with Crippen molar-refractivity contribution < 1.29 is 9.18 Å². The van der Waals surface area contributed by atoms with Crippen molar-refractivity contribution in [2.75, 3.05) is 17.7 Å². The number of hydrogen-bond donors (Lipinski definition) is 3. The van der Waals surface area contributed by atoms with Gasteiger partial charge < -0.3 is 16.0 Å². The molecule has 4 aromatic heterocycles. The first-order valence-corrected chi connectivity index (χ1v) is 11.8. The van der Waals surface area contributed by atoms with Crippen LogP contribution in [-0.2, 0) is 0 Å². The zero-order valence-corrected chi connectivity index (χ0v) is 19.8. The fourth-order valence-corrected chi connectivity index (χ4v) is 4.14. The number of pyridine rings is 1. The van der Waals surface area contributed by atoms with Gasteiger partial charge in [-0.25, -0.2) is 9.37 Å². The number of alkyl halides is 1. The molecule has 2 saturated carbocycles. The maximum absolute atomic E-state index is 13.3. The molecule has 11 nitrogen and oxygen atoms in total. The number of nitrogens with zero attached hydrogens (tertiary/aromatic N) is 6. The first-order chi connectivity index (χ1) is 17.4. The first kappa shape index (κ1) is 22.4. The molecular weight excluding hydrogens is 489 g/mol. The van der Waals surface area contributed by atoms with Gasteiger partial charge in [-0.15, -0.1) is 5.10 Å². The second-order valence-corrected chi connectivity index (χ2v) is 9.30. The number of carbonyl (C=O) groups is 1. The molecule has 0 unspecified atom stereocenters. The van der Waals surface area contributed by atoms with Crippen LogP contribution in [0, 0.1) is 0 Å². The van der Waals surface area contributed by atoms with E-state index in [1.54, 1.807) is 19.2 Å². The summed E-state index contributed by atoms with van der Waals surface area (Å²) < 4.78 is 16.0. The van der Waals surface area contributed by atoms with Crippen LogP contribution in [0.2, 0.25) is 5.02 Å². The van der Waals surface area contributed by atoms with Gasteiger partial charge in [0.15, 0.2) is 11.5 Å². The lowest BCUT2D eigenvalue weighted by Gasteiger charge is -2.12. The fourth-order valence-electron chi connectivity index (χ4n) is 3.93. The standard InChI is InChI=1S/C23H21ClFN9O2/c1-26-20-8-18(30-21-13(9-27-34(20)21)22(35)29-16-7-14(16)25)28-17-6-12(24)10-33(23(17)36)19-5-4-15(31-32-19)11-2-3-11/h4-6,8-11,14,16,26H,2-3,7H2,1H3,(H,28,30)(H,29,35)/t14-,16+/m1/s1. The molecule has 2 aliphatic rings. The van der Waals surface area contributed by atoms with E-state index in [0.717, 1.165) is 18.5 Å². The minimum absolute atomic E-state index is 0.151. The van der Waals surface area contributed by atoms with Crippen LogP contribution in [0.15, 0.2) is 41.5 Å². The number of anilines is 3. The molecule has 0 aromatic carbocycles. The molecule has 1 amide bonds. The molecule has 3 N–H and O–H groups in total. The van der Waals surface area contributed by atoms with Gasteiger partial charge in [0, 0.05) is 31.6 Å². The smallest absolute Gasteiger partial charge is 0.280 e. The van der Waals surface area contributed by atoms with Gasteiger partial charge in [-0.05, 0) is 31.0 Å². The summed E-state index contributed by atoms with van der Waals surface area (Å²) in [7, 11) is 1.69. The number of nitrogens with one attached hydrogen (secondary N) is 3. The van der Waals surface area contributed by atoms with E-state index in [2.05, 4.69) is 36.2 Å². The Morgan fingerprint density at radius 1 is 1.22 bits per heavy atom. The Morgan fingerprint density at radius 2 is 2.03 bits per heavy atom. The van der Waals surface area contributed by atoms with E-state index in [9.17, 15) is 14.0 Å². The molecule has 0 bridgehead atoms. The number of carbonyl (C=O) groups excluding carboxylic acids is 1. The molecule has 0 radical (unpaired) electrons. The van der Waals surface area contributed by atoms with Crippen LogP contribution >= 0.6 is 11.6 Å². The lowest BCUT2D eigenvalue weighted by Crippen LogP contribution is -2.27. The third kappa shape index (κ3) is 4.13. The van der Waals surface area contributed by atoms with Crippen LogP contribution in [0.1, 0.15) is 41.2 Å². The van der Waals surface area contributed by atoms with Crippen molar-refractivity contribution in [3.8, 4) is 5.82 Å². The largest absolute Gasteiger partial charge is 0.373 e. The van der Waals surface area contributed by atoms with Crippen molar-refractivity contribution in [2.24, 2.45) is 0 Å². The summed E-state index contributed by atoms with van der Waals surface area (Å²) in [6.45, 7) is 0. The van der Waals surface area contributed by atoms with Gasteiger partial charge in [0.05, 0.1) is 23.0 Å². The maximum Gasteiger partial charge on any atom is 0.280 e. The summed E-state index contributed by atoms with van der Waals surface area (Å²) in [5.41, 5.74) is 1.08. The summed E-state index contributed by atoms with van der Waals surface area (Å²) in [6, 6.07) is 6.23. The number of amides is 1. The van der Waals surface area contributed by atoms with Crippen molar-refractivity contribution in [3.63, 3.8) is 0 Å². The predicted octanol–water partition coefficient (Wildman–Crippen LogP) is 2.83. The van der Waals surface area contributed by atoms with Crippen LogP contribution in [0.3, 0.4) is 0 Å². The van der Waals surface area contributed by atoms with E-state index in [-0.39, 0.29) is 22.7 Å². The second kappa shape index (κ2) is 8.55. The predicted molar refractivity (Wildman–Crippen MR) is 131 cm³/mol. The summed E-state index contributed by atoms with van der Waals surface area (Å²) >= 11 is 6.32. The number of fused-ring (bicyclic) bond motifs is 1. The van der Waals surface area contributed by atoms with E-state index < -0.39 is 23.7 Å². The molecule has 0 saturated heterocycles. The van der Waals surface area contributed by atoms with Gasteiger partial charge >= 0.3 is 0 Å². The zero-order valence-electron chi connectivity index (χ0n) is 19.1. The van der Waals surface area contributed by atoms with Gasteiger partial charge in [0.25, 0.3) is 11.5 Å². The molecule has 2 atom stereocenters. The normalized spacial score (nSPS) is 18.8. The number of hydrogen-bond acceptors (Lipinski definition) is 8. The van der Waals surface area contributed by atoms with E-state index in [1.165, 1.54) is 27.5 Å². The first-order valence-electron chi connectivity index (χ1n) is 11.5. The van der Waals surface area contributed by atoms with Gasteiger partial charge in [0.2, 0.25) is 0 Å². The topological polar surface area (TPSA) is 131 Å². The zero-order chi connectivity index (χ0) is 25.0. The molecule has 2 aliphatic carbocycles. The highest BCUT2D eigenvalue weighted by molar-refractivity contribution is 6.30. The molecular formula is C23H21ClFN9O2. The highest BCUT2D eigenvalue weighted by Gasteiger charge is 2.39. The van der Waals surface area contributed by atoms with E-state index in [4.69, 9.17) is 11.6 Å². The lowest BCUT2D eigenvalue weighted by atomic mass is 10.3. The molecule has 13 heteroatoms. The van der Waals surface area contributed by atoms with Crippen molar-refractivity contribution in [1.29, 1.82) is 0 Å². The molecule has 0 spiro atoms. The SMILES string of the molecule is CNc1cc(Nc2cc(Cl)cn(-c3ccc(C4CC4)nn3)c2=O)nc2c(C(=O)N[C@H]3C[C@H]3F)cnn12. The molecule has 0 aliphatic heterocycles. The number of rotatable bonds is 7. The van der Waals surface area contributed by atoms with Gasteiger partial charge in [0.1, 0.15) is 29.1 Å². The van der Waals surface area contributed by atoms with Crippen LogP contribution < -0.4 is 21.5 Å². The van der Waals surface area contributed by atoms with Crippen molar-refractivity contribution in [3.05, 3.63) is 63.3 Å². The van der Waals surface area contributed by atoms with Gasteiger partial charge in [-0.3, -0.25) is 14.2 Å². The minimum atomic E-state index is -1.03. The van der Waals surface area contributed by atoms with E-state index in [1.807, 2.05) is 6.07 Å². The van der Waals surface area contributed by atoms with Crippen LogP contribution in [-0.4, -0.2) is 54.5 Å². The molecule has 6 rings (SSSR count). The van der Waals surface area contributed by atoms with Crippen LogP contribution in [0.25, 0.3) is 11.5 Å². The monoisotopic (exact) mass is 509 g/mol. The van der Waals surface area contributed by atoms with Crippen LogP contribution in [0.5, 0.6) is 0 Å². The lowest BCUT2D eigenvalue weighted by molar-refractivity contribution is 0.0949. The fraction of sp³-hybridized carbons (Fsp3) is 0.304. The maximum atomic E-state index is 13.3. The number of halogens is 2. The quantitative estimate of drug-likeness (QED) is 0.346.